The van der Waals surface area contributed by atoms with Crippen molar-refractivity contribution in [3.63, 3.8) is 0 Å². The monoisotopic (exact) mass is 339 g/mol. The number of nitro groups is 1. The van der Waals surface area contributed by atoms with Gasteiger partial charge in [-0.25, -0.2) is 0 Å². The second kappa shape index (κ2) is 6.85. The number of para-hydroxylation sites is 1. The van der Waals surface area contributed by atoms with Crippen molar-refractivity contribution in [2.75, 3.05) is 24.3 Å². The minimum Gasteiger partial charge on any atom is -0.379 e. The van der Waals surface area contributed by atoms with Crippen LogP contribution in [-0.4, -0.2) is 19.0 Å². The van der Waals surface area contributed by atoms with Crippen molar-refractivity contribution in [3.05, 3.63) is 62.1 Å². The highest BCUT2D eigenvalue weighted by Crippen LogP contribution is 2.31. The van der Waals surface area contributed by atoms with Crippen LogP contribution in [0.15, 0.2) is 36.4 Å². The Morgan fingerprint density at radius 3 is 2.36 bits per heavy atom. The van der Waals surface area contributed by atoms with Crippen LogP contribution in [0.4, 0.5) is 17.1 Å². The molecule has 0 aromatic heterocycles. The van der Waals surface area contributed by atoms with Gasteiger partial charge in [0.05, 0.1) is 20.7 Å². The molecule has 0 saturated heterocycles. The number of hydrogen-bond donors (Lipinski definition) is 1. The van der Waals surface area contributed by atoms with Crippen molar-refractivity contribution in [1.82, 2.24) is 0 Å². The van der Waals surface area contributed by atoms with E-state index >= 15 is 0 Å². The first-order valence-corrected chi connectivity index (χ1v) is 7.28. The van der Waals surface area contributed by atoms with Gasteiger partial charge >= 0.3 is 0 Å². The lowest BCUT2D eigenvalue weighted by Gasteiger charge is -2.14. The number of halogens is 2. The average Bonchev–Trinajstić information content (AvgIpc) is 2.46. The van der Waals surface area contributed by atoms with Gasteiger partial charge in [-0.3, -0.25) is 10.1 Å². The van der Waals surface area contributed by atoms with Gasteiger partial charge in [-0.2, -0.15) is 0 Å². The van der Waals surface area contributed by atoms with E-state index in [0.717, 1.165) is 5.56 Å². The maximum atomic E-state index is 11.2. The van der Waals surface area contributed by atoms with Crippen LogP contribution in [0.1, 0.15) is 5.56 Å². The molecule has 0 fully saturated rings. The summed E-state index contributed by atoms with van der Waals surface area (Å²) >= 11 is 12.2. The van der Waals surface area contributed by atoms with Crippen LogP contribution in [0.2, 0.25) is 10.0 Å². The van der Waals surface area contributed by atoms with Gasteiger partial charge in [0, 0.05) is 26.7 Å². The lowest BCUT2D eigenvalue weighted by Crippen LogP contribution is -2.11. The maximum absolute atomic E-state index is 11.2. The van der Waals surface area contributed by atoms with Gasteiger partial charge < -0.3 is 10.2 Å². The number of anilines is 2. The lowest BCUT2D eigenvalue weighted by atomic mass is 10.1. The molecule has 0 aliphatic carbocycles. The zero-order chi connectivity index (χ0) is 16.3. The fraction of sp³-hybridized carbons (Fsp3) is 0.200. The molecule has 0 amide bonds. The topological polar surface area (TPSA) is 58.4 Å². The van der Waals surface area contributed by atoms with Gasteiger partial charge in [0.25, 0.3) is 5.69 Å². The van der Waals surface area contributed by atoms with Crippen LogP contribution in [0.25, 0.3) is 0 Å². The van der Waals surface area contributed by atoms with Gasteiger partial charge in [0.2, 0.25) is 0 Å². The summed E-state index contributed by atoms with van der Waals surface area (Å²) in [6, 6.07) is 10.3. The fourth-order valence-electron chi connectivity index (χ4n) is 2.06. The van der Waals surface area contributed by atoms with Crippen molar-refractivity contribution >= 4 is 40.3 Å². The van der Waals surface area contributed by atoms with Crippen LogP contribution >= 0.6 is 23.2 Å². The first kappa shape index (κ1) is 16.4. The molecule has 7 heteroatoms. The molecule has 0 unspecified atom stereocenters. The summed E-state index contributed by atoms with van der Waals surface area (Å²) in [5.41, 5.74) is 2.01. The van der Waals surface area contributed by atoms with E-state index in [1.807, 2.05) is 6.07 Å². The summed E-state index contributed by atoms with van der Waals surface area (Å²) in [6.45, 7) is 0.387. The Kier molecular flexibility index (Phi) is 5.11. The Hall–Kier alpha value is -1.98. The normalized spacial score (nSPS) is 10.4. The molecule has 0 bridgehead atoms. The zero-order valence-electron chi connectivity index (χ0n) is 12.1. The van der Waals surface area contributed by atoms with E-state index in [1.54, 1.807) is 49.3 Å². The molecule has 0 aliphatic rings. The van der Waals surface area contributed by atoms with Gasteiger partial charge in [0.1, 0.15) is 5.69 Å². The third kappa shape index (κ3) is 3.61. The SMILES string of the molecule is CN(C)c1ccc(CNc2c(Cl)cccc2Cl)cc1[N+](=O)[O-]. The Balaban J connectivity index is 2.24. The summed E-state index contributed by atoms with van der Waals surface area (Å²) in [4.78, 5) is 12.5. The van der Waals surface area contributed by atoms with Crippen LogP contribution in [0.3, 0.4) is 0 Å². The molecule has 2 rings (SSSR count). The third-order valence-corrected chi connectivity index (χ3v) is 3.78. The number of rotatable bonds is 5. The number of nitro benzene ring substituents is 1. The summed E-state index contributed by atoms with van der Waals surface area (Å²) in [6.07, 6.45) is 0. The molecule has 0 spiro atoms. The molecular formula is C15H15Cl2N3O2. The molecule has 0 aliphatic heterocycles. The summed E-state index contributed by atoms with van der Waals surface area (Å²) in [5.74, 6) is 0. The molecule has 0 radical (unpaired) electrons. The van der Waals surface area contributed by atoms with Crippen molar-refractivity contribution in [2.45, 2.75) is 6.54 Å². The average molecular weight is 340 g/mol. The van der Waals surface area contributed by atoms with Crippen LogP contribution in [0, 0.1) is 10.1 Å². The van der Waals surface area contributed by atoms with Crippen molar-refractivity contribution in [3.8, 4) is 0 Å². The highest BCUT2D eigenvalue weighted by atomic mass is 35.5. The van der Waals surface area contributed by atoms with Gasteiger partial charge in [-0.15, -0.1) is 0 Å². The minimum absolute atomic E-state index is 0.0644. The van der Waals surface area contributed by atoms with E-state index in [4.69, 9.17) is 23.2 Å². The van der Waals surface area contributed by atoms with E-state index in [-0.39, 0.29) is 10.6 Å². The molecular weight excluding hydrogens is 325 g/mol. The van der Waals surface area contributed by atoms with E-state index in [9.17, 15) is 10.1 Å². The fourth-order valence-corrected chi connectivity index (χ4v) is 2.59. The van der Waals surface area contributed by atoms with Crippen LogP contribution < -0.4 is 10.2 Å². The van der Waals surface area contributed by atoms with E-state index in [0.29, 0.717) is 28.0 Å². The Morgan fingerprint density at radius 1 is 1.18 bits per heavy atom. The molecule has 116 valence electrons. The summed E-state index contributed by atoms with van der Waals surface area (Å²) in [5, 5.41) is 15.3. The quantitative estimate of drug-likeness (QED) is 0.639. The third-order valence-electron chi connectivity index (χ3n) is 3.15. The summed E-state index contributed by atoms with van der Waals surface area (Å²) in [7, 11) is 3.54. The molecule has 1 N–H and O–H groups in total. The van der Waals surface area contributed by atoms with Gasteiger partial charge in [0.15, 0.2) is 0 Å². The zero-order valence-corrected chi connectivity index (χ0v) is 13.6. The lowest BCUT2D eigenvalue weighted by molar-refractivity contribution is -0.384. The molecule has 22 heavy (non-hydrogen) atoms. The molecule has 5 nitrogen and oxygen atoms in total. The molecule has 0 atom stereocenters. The minimum atomic E-state index is -0.388. The molecule has 0 saturated carbocycles. The number of benzene rings is 2. The second-order valence-corrected chi connectivity index (χ2v) is 5.74. The van der Waals surface area contributed by atoms with Gasteiger partial charge in [-0.1, -0.05) is 35.3 Å². The van der Waals surface area contributed by atoms with Crippen molar-refractivity contribution < 1.29 is 4.92 Å². The largest absolute Gasteiger partial charge is 0.379 e. The Labute approximate surface area is 138 Å². The maximum Gasteiger partial charge on any atom is 0.292 e. The first-order valence-electron chi connectivity index (χ1n) is 6.52. The van der Waals surface area contributed by atoms with E-state index in [2.05, 4.69) is 5.32 Å². The first-order chi connectivity index (χ1) is 10.4. The van der Waals surface area contributed by atoms with Crippen LogP contribution in [0.5, 0.6) is 0 Å². The smallest absolute Gasteiger partial charge is 0.292 e. The molecule has 2 aromatic carbocycles. The molecule has 2 aromatic rings. The number of nitrogens with zero attached hydrogens (tertiary/aromatic N) is 2. The standard InChI is InChI=1S/C15H15Cl2N3O2/c1-19(2)13-7-6-10(8-14(13)20(21)22)9-18-15-11(16)4-3-5-12(15)17/h3-8,18H,9H2,1-2H3. The summed E-state index contributed by atoms with van der Waals surface area (Å²) < 4.78 is 0. The predicted octanol–water partition coefficient (Wildman–Crippen LogP) is 4.58. The Morgan fingerprint density at radius 2 is 1.82 bits per heavy atom. The number of hydrogen-bond acceptors (Lipinski definition) is 4. The molecule has 0 heterocycles. The Bertz CT molecular complexity index is 685. The van der Waals surface area contributed by atoms with E-state index < -0.39 is 0 Å². The van der Waals surface area contributed by atoms with Gasteiger partial charge in [-0.05, 0) is 23.8 Å². The highest BCUT2D eigenvalue weighted by molar-refractivity contribution is 6.39. The number of nitrogens with one attached hydrogen (secondary N) is 1. The van der Waals surface area contributed by atoms with Crippen molar-refractivity contribution in [1.29, 1.82) is 0 Å². The van der Waals surface area contributed by atoms with Crippen LogP contribution in [-0.2, 0) is 6.54 Å². The van der Waals surface area contributed by atoms with E-state index in [1.165, 1.54) is 0 Å². The van der Waals surface area contributed by atoms with Crippen molar-refractivity contribution in [2.24, 2.45) is 0 Å². The second-order valence-electron chi connectivity index (χ2n) is 4.92. The highest BCUT2D eigenvalue weighted by Gasteiger charge is 2.16. The predicted molar refractivity (Wildman–Crippen MR) is 91.2 cm³/mol.